The highest BCUT2D eigenvalue weighted by molar-refractivity contribution is 5.74. The molecule has 1 N–H and O–H groups in total. The molecule has 1 heterocycles. The number of aromatic nitrogens is 2. The monoisotopic (exact) mass is 244 g/mol. The van der Waals surface area contributed by atoms with Crippen molar-refractivity contribution in [2.24, 2.45) is 0 Å². The Hall–Kier alpha value is -1.56. The van der Waals surface area contributed by atoms with Crippen LogP contribution in [-0.2, 0) is 11.2 Å². The largest absolute Gasteiger partial charge is 0.411 e. The molecule has 0 atom stereocenters. The number of H-pyrrole nitrogens is 1. The summed E-state index contributed by atoms with van der Waals surface area (Å²) in [6, 6.07) is 7.42. The standard InChI is InChI=1S/C11H11F3N2O/c12-11(13,14)7-17-6-5-10-15-8-3-1-2-4-9(8)16-10/h1-4H,5-7H2,(H,15,16). The Morgan fingerprint density at radius 1 is 1.24 bits per heavy atom. The van der Waals surface area contributed by atoms with E-state index in [9.17, 15) is 13.2 Å². The zero-order chi connectivity index (χ0) is 12.3. The second-order valence-electron chi connectivity index (χ2n) is 3.62. The van der Waals surface area contributed by atoms with E-state index in [-0.39, 0.29) is 6.61 Å². The normalized spacial score (nSPS) is 12.2. The fraction of sp³-hybridized carbons (Fsp3) is 0.364. The predicted octanol–water partition coefficient (Wildman–Crippen LogP) is 2.68. The van der Waals surface area contributed by atoms with Crippen molar-refractivity contribution in [3.63, 3.8) is 0 Å². The van der Waals surface area contributed by atoms with Crippen LogP contribution in [0.3, 0.4) is 0 Å². The summed E-state index contributed by atoms with van der Waals surface area (Å²) in [6.07, 6.45) is -3.93. The zero-order valence-electron chi connectivity index (χ0n) is 8.92. The minimum Gasteiger partial charge on any atom is -0.372 e. The molecule has 0 saturated heterocycles. The molecule has 2 rings (SSSR count). The van der Waals surface area contributed by atoms with Crippen LogP contribution < -0.4 is 0 Å². The van der Waals surface area contributed by atoms with E-state index in [0.717, 1.165) is 11.0 Å². The second kappa shape index (κ2) is 4.75. The van der Waals surface area contributed by atoms with E-state index in [1.807, 2.05) is 24.3 Å². The summed E-state index contributed by atoms with van der Waals surface area (Å²) in [5.41, 5.74) is 1.68. The summed E-state index contributed by atoms with van der Waals surface area (Å²) in [6.45, 7) is -1.22. The average Bonchev–Trinajstić information content (AvgIpc) is 2.65. The highest BCUT2D eigenvalue weighted by Gasteiger charge is 2.27. The van der Waals surface area contributed by atoms with Crippen molar-refractivity contribution in [1.29, 1.82) is 0 Å². The lowest BCUT2D eigenvalue weighted by Gasteiger charge is -2.06. The Labute approximate surface area is 95.6 Å². The van der Waals surface area contributed by atoms with E-state index in [1.54, 1.807) is 0 Å². The number of nitrogens with zero attached hydrogens (tertiary/aromatic N) is 1. The van der Waals surface area contributed by atoms with Gasteiger partial charge >= 0.3 is 6.18 Å². The number of halogens is 3. The number of hydrogen-bond acceptors (Lipinski definition) is 2. The highest BCUT2D eigenvalue weighted by Crippen LogP contribution is 2.15. The maximum atomic E-state index is 11.8. The number of fused-ring (bicyclic) bond motifs is 1. The number of rotatable bonds is 4. The Balaban J connectivity index is 1.87. The number of aromatic amines is 1. The minimum absolute atomic E-state index is 0.000663. The molecule has 0 aliphatic rings. The molecule has 0 radical (unpaired) electrons. The topological polar surface area (TPSA) is 37.9 Å². The molecule has 0 unspecified atom stereocenters. The summed E-state index contributed by atoms with van der Waals surface area (Å²) in [7, 11) is 0. The third-order valence-corrected chi connectivity index (χ3v) is 2.19. The predicted molar refractivity (Wildman–Crippen MR) is 56.7 cm³/mol. The lowest BCUT2D eigenvalue weighted by molar-refractivity contribution is -0.173. The molecule has 2 aromatic rings. The van der Waals surface area contributed by atoms with Crippen LogP contribution in [0.15, 0.2) is 24.3 Å². The molecular weight excluding hydrogens is 233 g/mol. The number of hydrogen-bond donors (Lipinski definition) is 1. The van der Waals surface area contributed by atoms with Gasteiger partial charge in [0.25, 0.3) is 0 Å². The Morgan fingerprint density at radius 2 is 2.00 bits per heavy atom. The molecule has 0 spiro atoms. The van der Waals surface area contributed by atoms with Crippen LogP contribution in [0.1, 0.15) is 5.82 Å². The number of nitrogens with one attached hydrogen (secondary N) is 1. The zero-order valence-corrected chi connectivity index (χ0v) is 8.92. The third kappa shape index (κ3) is 3.45. The van der Waals surface area contributed by atoms with E-state index >= 15 is 0 Å². The SMILES string of the molecule is FC(F)(F)COCCc1nc2ccccc2[nH]1. The van der Waals surface area contributed by atoms with Crippen molar-refractivity contribution in [3.05, 3.63) is 30.1 Å². The number of ether oxygens (including phenoxy) is 1. The van der Waals surface area contributed by atoms with Crippen LogP contribution in [0.4, 0.5) is 13.2 Å². The van der Waals surface area contributed by atoms with Crippen LogP contribution in [0.25, 0.3) is 11.0 Å². The molecule has 0 saturated carbocycles. The quantitative estimate of drug-likeness (QED) is 0.839. The summed E-state index contributed by atoms with van der Waals surface area (Å²) in [5, 5.41) is 0. The summed E-state index contributed by atoms with van der Waals surface area (Å²) in [4.78, 5) is 7.25. The average molecular weight is 244 g/mol. The lowest BCUT2D eigenvalue weighted by atomic mass is 10.3. The number of para-hydroxylation sites is 2. The van der Waals surface area contributed by atoms with E-state index < -0.39 is 12.8 Å². The summed E-state index contributed by atoms with van der Waals surface area (Å²) in [5.74, 6) is 0.633. The second-order valence-corrected chi connectivity index (χ2v) is 3.62. The van der Waals surface area contributed by atoms with Crippen molar-refractivity contribution >= 4 is 11.0 Å². The first-order valence-electron chi connectivity index (χ1n) is 5.13. The van der Waals surface area contributed by atoms with Crippen molar-refractivity contribution < 1.29 is 17.9 Å². The van der Waals surface area contributed by atoms with Crippen LogP contribution in [0.5, 0.6) is 0 Å². The fourth-order valence-corrected chi connectivity index (χ4v) is 1.48. The van der Waals surface area contributed by atoms with E-state index in [4.69, 9.17) is 0 Å². The molecule has 17 heavy (non-hydrogen) atoms. The minimum atomic E-state index is -4.27. The lowest BCUT2D eigenvalue weighted by Crippen LogP contribution is -2.18. The molecule has 1 aromatic carbocycles. The van der Waals surface area contributed by atoms with Gasteiger partial charge in [-0.1, -0.05) is 12.1 Å². The summed E-state index contributed by atoms with van der Waals surface area (Å²) < 4.78 is 39.9. The molecule has 92 valence electrons. The fourth-order valence-electron chi connectivity index (χ4n) is 1.48. The van der Waals surface area contributed by atoms with Gasteiger partial charge in [-0.2, -0.15) is 13.2 Å². The highest BCUT2D eigenvalue weighted by atomic mass is 19.4. The molecule has 3 nitrogen and oxygen atoms in total. The van der Waals surface area contributed by atoms with Gasteiger partial charge in [-0.05, 0) is 12.1 Å². The van der Waals surface area contributed by atoms with E-state index in [0.29, 0.717) is 12.2 Å². The van der Waals surface area contributed by atoms with Gasteiger partial charge in [-0.3, -0.25) is 0 Å². The van der Waals surface area contributed by atoms with Crippen molar-refractivity contribution in [2.45, 2.75) is 12.6 Å². The third-order valence-electron chi connectivity index (χ3n) is 2.19. The van der Waals surface area contributed by atoms with Gasteiger partial charge in [0.1, 0.15) is 12.4 Å². The van der Waals surface area contributed by atoms with E-state index in [1.165, 1.54) is 0 Å². The van der Waals surface area contributed by atoms with Crippen molar-refractivity contribution in [3.8, 4) is 0 Å². The molecule has 6 heteroatoms. The molecule has 1 aromatic heterocycles. The van der Waals surface area contributed by atoms with Gasteiger partial charge in [-0.25, -0.2) is 4.98 Å². The number of benzene rings is 1. The van der Waals surface area contributed by atoms with Gasteiger partial charge < -0.3 is 9.72 Å². The van der Waals surface area contributed by atoms with Gasteiger partial charge in [0.2, 0.25) is 0 Å². The first-order valence-corrected chi connectivity index (χ1v) is 5.13. The smallest absolute Gasteiger partial charge is 0.372 e. The van der Waals surface area contributed by atoms with Gasteiger partial charge in [0.15, 0.2) is 0 Å². The molecular formula is C11H11F3N2O. The molecule has 0 bridgehead atoms. The maximum absolute atomic E-state index is 11.8. The van der Waals surface area contributed by atoms with Crippen LogP contribution in [-0.4, -0.2) is 29.4 Å². The van der Waals surface area contributed by atoms with Gasteiger partial charge in [0, 0.05) is 6.42 Å². The van der Waals surface area contributed by atoms with E-state index in [2.05, 4.69) is 14.7 Å². The molecule has 0 amide bonds. The number of imidazole rings is 1. The molecule has 0 fully saturated rings. The first-order chi connectivity index (χ1) is 8.04. The Kier molecular flexibility index (Phi) is 3.33. The van der Waals surface area contributed by atoms with Crippen molar-refractivity contribution in [2.75, 3.05) is 13.2 Å². The van der Waals surface area contributed by atoms with Gasteiger partial charge in [0.05, 0.1) is 17.6 Å². The van der Waals surface area contributed by atoms with Crippen molar-refractivity contribution in [1.82, 2.24) is 9.97 Å². The maximum Gasteiger partial charge on any atom is 0.411 e. The molecule has 0 aliphatic carbocycles. The number of alkyl halides is 3. The first kappa shape index (κ1) is 11.9. The molecule has 0 aliphatic heterocycles. The Morgan fingerprint density at radius 3 is 2.71 bits per heavy atom. The summed E-state index contributed by atoms with van der Waals surface area (Å²) >= 11 is 0. The van der Waals surface area contributed by atoms with Crippen LogP contribution in [0, 0.1) is 0 Å². The van der Waals surface area contributed by atoms with Crippen LogP contribution >= 0.6 is 0 Å². The van der Waals surface area contributed by atoms with Crippen LogP contribution in [0.2, 0.25) is 0 Å². The van der Waals surface area contributed by atoms with Gasteiger partial charge in [-0.15, -0.1) is 0 Å². The Bertz CT molecular complexity index is 460.